The van der Waals surface area contributed by atoms with Crippen molar-refractivity contribution in [1.29, 1.82) is 0 Å². The lowest BCUT2D eigenvalue weighted by atomic mass is 10.1. The van der Waals surface area contributed by atoms with E-state index in [2.05, 4.69) is 10.1 Å². The van der Waals surface area contributed by atoms with E-state index in [9.17, 15) is 0 Å². The van der Waals surface area contributed by atoms with E-state index in [0.717, 1.165) is 24.6 Å². The zero-order valence-electron chi connectivity index (χ0n) is 9.91. The summed E-state index contributed by atoms with van der Waals surface area (Å²) in [6, 6.07) is 9.57. The minimum Gasteiger partial charge on any atom is -0.484 e. The highest BCUT2D eigenvalue weighted by molar-refractivity contribution is 5.20. The van der Waals surface area contributed by atoms with Gasteiger partial charge in [-0.3, -0.25) is 0 Å². The van der Waals surface area contributed by atoms with Gasteiger partial charge in [0.15, 0.2) is 12.4 Å². The standard InChI is InChI=1S/C13H14N2O3/c1-2-4-11(5-3-1)17-9-12-14-13(15-18-12)10-6-7-16-8-10/h1-5,10H,6-9H2. The Bertz CT molecular complexity index is 492. The van der Waals surface area contributed by atoms with Crippen molar-refractivity contribution in [3.8, 4) is 5.75 Å². The topological polar surface area (TPSA) is 57.4 Å². The maximum atomic E-state index is 5.54. The number of nitrogens with zero attached hydrogens (tertiary/aromatic N) is 2. The summed E-state index contributed by atoms with van der Waals surface area (Å²) in [6.07, 6.45) is 0.957. The highest BCUT2D eigenvalue weighted by atomic mass is 16.5. The van der Waals surface area contributed by atoms with E-state index in [1.807, 2.05) is 30.3 Å². The molecule has 0 bridgehead atoms. The van der Waals surface area contributed by atoms with Crippen LogP contribution in [0.1, 0.15) is 24.1 Å². The number of hydrogen-bond acceptors (Lipinski definition) is 5. The van der Waals surface area contributed by atoms with E-state index in [4.69, 9.17) is 14.0 Å². The Morgan fingerprint density at radius 1 is 1.28 bits per heavy atom. The molecular weight excluding hydrogens is 232 g/mol. The summed E-state index contributed by atoms with van der Waals surface area (Å²) in [4.78, 5) is 4.32. The first-order valence-corrected chi connectivity index (χ1v) is 6.00. The summed E-state index contributed by atoms with van der Waals surface area (Å²) in [7, 11) is 0. The lowest BCUT2D eigenvalue weighted by molar-refractivity contribution is 0.192. The molecule has 18 heavy (non-hydrogen) atoms. The molecule has 5 heteroatoms. The molecule has 1 atom stereocenters. The lowest BCUT2D eigenvalue weighted by Gasteiger charge is -2.01. The van der Waals surface area contributed by atoms with Gasteiger partial charge in [-0.05, 0) is 18.6 Å². The summed E-state index contributed by atoms with van der Waals surface area (Å²) in [6.45, 7) is 1.75. The molecule has 3 rings (SSSR count). The van der Waals surface area contributed by atoms with Crippen LogP contribution in [-0.2, 0) is 11.3 Å². The van der Waals surface area contributed by atoms with Crippen molar-refractivity contribution in [1.82, 2.24) is 10.1 Å². The molecule has 0 saturated carbocycles. The minimum atomic E-state index is 0.263. The van der Waals surface area contributed by atoms with Gasteiger partial charge in [-0.2, -0.15) is 4.98 Å². The highest BCUT2D eigenvalue weighted by Crippen LogP contribution is 2.22. The Hall–Kier alpha value is -1.88. The summed E-state index contributed by atoms with van der Waals surface area (Å²) in [5.41, 5.74) is 0. The molecule has 1 aromatic carbocycles. The SMILES string of the molecule is c1ccc(OCc2nc(C3CCOC3)no2)cc1. The molecule has 1 aliphatic rings. The molecule has 1 aliphatic heterocycles. The van der Waals surface area contributed by atoms with E-state index >= 15 is 0 Å². The minimum absolute atomic E-state index is 0.263. The number of aromatic nitrogens is 2. The van der Waals surface area contributed by atoms with E-state index in [1.54, 1.807) is 0 Å². The number of rotatable bonds is 4. The molecule has 0 N–H and O–H groups in total. The van der Waals surface area contributed by atoms with Crippen LogP contribution in [0.5, 0.6) is 5.75 Å². The maximum Gasteiger partial charge on any atom is 0.264 e. The molecule has 2 heterocycles. The van der Waals surface area contributed by atoms with Crippen molar-refractivity contribution in [2.75, 3.05) is 13.2 Å². The fraction of sp³-hybridized carbons (Fsp3) is 0.385. The zero-order chi connectivity index (χ0) is 12.2. The van der Waals surface area contributed by atoms with Gasteiger partial charge in [0.1, 0.15) is 5.75 Å². The third-order valence-electron chi connectivity index (χ3n) is 2.88. The van der Waals surface area contributed by atoms with Gasteiger partial charge >= 0.3 is 0 Å². The van der Waals surface area contributed by atoms with E-state index in [1.165, 1.54) is 0 Å². The van der Waals surface area contributed by atoms with Crippen molar-refractivity contribution in [3.05, 3.63) is 42.0 Å². The molecule has 0 radical (unpaired) electrons. The Morgan fingerprint density at radius 2 is 2.17 bits per heavy atom. The zero-order valence-corrected chi connectivity index (χ0v) is 9.91. The molecule has 0 amide bonds. The normalized spacial score (nSPS) is 19.0. The summed E-state index contributed by atoms with van der Waals surface area (Å²) in [5, 5.41) is 3.96. The Labute approximate surface area is 105 Å². The molecule has 5 nitrogen and oxygen atoms in total. The average Bonchev–Trinajstić information content (AvgIpc) is 3.08. The van der Waals surface area contributed by atoms with Crippen molar-refractivity contribution in [2.45, 2.75) is 18.9 Å². The van der Waals surface area contributed by atoms with Gasteiger partial charge in [0.25, 0.3) is 5.89 Å². The number of ether oxygens (including phenoxy) is 2. The second-order valence-corrected chi connectivity index (χ2v) is 4.21. The summed E-state index contributed by atoms with van der Waals surface area (Å²) >= 11 is 0. The van der Waals surface area contributed by atoms with E-state index in [0.29, 0.717) is 19.1 Å². The Morgan fingerprint density at radius 3 is 2.94 bits per heavy atom. The maximum absolute atomic E-state index is 5.54. The van der Waals surface area contributed by atoms with Gasteiger partial charge in [-0.15, -0.1) is 0 Å². The van der Waals surface area contributed by atoms with Gasteiger partial charge in [-0.25, -0.2) is 0 Å². The van der Waals surface area contributed by atoms with Gasteiger partial charge in [0.2, 0.25) is 0 Å². The first-order chi connectivity index (χ1) is 8.92. The van der Waals surface area contributed by atoms with Crippen molar-refractivity contribution < 1.29 is 14.0 Å². The fourth-order valence-electron chi connectivity index (χ4n) is 1.89. The van der Waals surface area contributed by atoms with Gasteiger partial charge in [0, 0.05) is 12.5 Å². The van der Waals surface area contributed by atoms with Crippen LogP contribution in [0.4, 0.5) is 0 Å². The second kappa shape index (κ2) is 5.18. The quantitative estimate of drug-likeness (QED) is 0.827. The largest absolute Gasteiger partial charge is 0.484 e. The molecule has 0 aliphatic carbocycles. The molecule has 1 aromatic heterocycles. The van der Waals surface area contributed by atoms with Crippen molar-refractivity contribution in [2.24, 2.45) is 0 Å². The van der Waals surface area contributed by atoms with Crippen LogP contribution < -0.4 is 4.74 Å². The molecular formula is C13H14N2O3. The Kier molecular flexibility index (Phi) is 3.23. The predicted molar refractivity (Wildman–Crippen MR) is 63.2 cm³/mol. The lowest BCUT2D eigenvalue weighted by Crippen LogP contribution is -2.01. The highest BCUT2D eigenvalue weighted by Gasteiger charge is 2.23. The van der Waals surface area contributed by atoms with Crippen molar-refractivity contribution >= 4 is 0 Å². The van der Waals surface area contributed by atoms with Crippen LogP contribution in [0.2, 0.25) is 0 Å². The van der Waals surface area contributed by atoms with Crippen LogP contribution in [0, 0.1) is 0 Å². The average molecular weight is 246 g/mol. The van der Waals surface area contributed by atoms with Gasteiger partial charge < -0.3 is 14.0 Å². The van der Waals surface area contributed by atoms with Crippen LogP contribution >= 0.6 is 0 Å². The summed E-state index contributed by atoms with van der Waals surface area (Å²) in [5.74, 6) is 2.28. The van der Waals surface area contributed by atoms with E-state index < -0.39 is 0 Å². The smallest absolute Gasteiger partial charge is 0.264 e. The number of benzene rings is 1. The fourth-order valence-corrected chi connectivity index (χ4v) is 1.89. The third kappa shape index (κ3) is 2.51. The van der Waals surface area contributed by atoms with E-state index in [-0.39, 0.29) is 5.92 Å². The van der Waals surface area contributed by atoms with Gasteiger partial charge in [-0.1, -0.05) is 23.4 Å². The van der Waals surface area contributed by atoms with Gasteiger partial charge in [0.05, 0.1) is 6.61 Å². The first kappa shape index (κ1) is 11.2. The second-order valence-electron chi connectivity index (χ2n) is 4.21. The number of para-hydroxylation sites is 1. The van der Waals surface area contributed by atoms with Crippen LogP contribution in [-0.4, -0.2) is 23.4 Å². The molecule has 1 unspecified atom stereocenters. The van der Waals surface area contributed by atoms with Crippen LogP contribution in [0.15, 0.2) is 34.9 Å². The van der Waals surface area contributed by atoms with Crippen LogP contribution in [0.25, 0.3) is 0 Å². The third-order valence-corrected chi connectivity index (χ3v) is 2.88. The molecule has 1 saturated heterocycles. The van der Waals surface area contributed by atoms with Crippen molar-refractivity contribution in [3.63, 3.8) is 0 Å². The Balaban J connectivity index is 1.60. The molecule has 2 aromatic rings. The summed E-state index contributed by atoms with van der Waals surface area (Å²) < 4.78 is 16.0. The first-order valence-electron chi connectivity index (χ1n) is 6.00. The molecule has 94 valence electrons. The number of hydrogen-bond donors (Lipinski definition) is 0. The monoisotopic (exact) mass is 246 g/mol. The predicted octanol–water partition coefficient (Wildman–Crippen LogP) is 2.15. The molecule has 0 spiro atoms. The van der Waals surface area contributed by atoms with Crippen LogP contribution in [0.3, 0.4) is 0 Å². The molecule has 1 fully saturated rings.